The first-order chi connectivity index (χ1) is 13.7. The maximum absolute atomic E-state index is 12.9. The second-order valence-corrected chi connectivity index (χ2v) is 7.39. The molecule has 0 saturated carbocycles. The first-order valence-corrected chi connectivity index (χ1v) is 9.73. The highest BCUT2D eigenvalue weighted by atomic mass is 16.3. The molecule has 28 heavy (non-hydrogen) atoms. The van der Waals surface area contributed by atoms with Crippen molar-refractivity contribution in [3.63, 3.8) is 0 Å². The van der Waals surface area contributed by atoms with Crippen LogP contribution in [0.25, 0.3) is 5.57 Å². The molecule has 142 valence electrons. The van der Waals surface area contributed by atoms with Crippen LogP contribution in [0.2, 0.25) is 0 Å². The van der Waals surface area contributed by atoms with Crippen LogP contribution in [0, 0.1) is 11.3 Å². The van der Waals surface area contributed by atoms with Gasteiger partial charge in [0.15, 0.2) is 0 Å². The van der Waals surface area contributed by atoms with E-state index in [4.69, 9.17) is 0 Å². The minimum atomic E-state index is -0.561. The summed E-state index contributed by atoms with van der Waals surface area (Å²) in [5.74, 6) is -0.306. The number of benzene rings is 1. The number of aromatic nitrogens is 1. The van der Waals surface area contributed by atoms with Gasteiger partial charge in [-0.2, -0.15) is 5.26 Å². The number of allylic oxidation sites excluding steroid dienone is 2. The Morgan fingerprint density at radius 1 is 1.25 bits per heavy atom. The fraction of sp³-hybridized carbons (Fsp3) is 0.348. The number of carbonyl (C=O) groups excluding carboxylic acids is 1. The van der Waals surface area contributed by atoms with Crippen LogP contribution in [0.5, 0.6) is 0 Å². The maximum Gasteiger partial charge on any atom is 0.228 e. The molecule has 0 bridgehead atoms. The fourth-order valence-electron chi connectivity index (χ4n) is 4.48. The summed E-state index contributed by atoms with van der Waals surface area (Å²) in [7, 11) is 0. The van der Waals surface area contributed by atoms with Crippen molar-refractivity contribution >= 4 is 11.5 Å². The average Bonchev–Trinajstić information content (AvgIpc) is 3.24. The van der Waals surface area contributed by atoms with Crippen molar-refractivity contribution in [1.82, 2.24) is 9.88 Å². The highest BCUT2D eigenvalue weighted by molar-refractivity contribution is 5.82. The van der Waals surface area contributed by atoms with Gasteiger partial charge in [0, 0.05) is 18.3 Å². The van der Waals surface area contributed by atoms with Crippen molar-refractivity contribution in [3.8, 4) is 6.07 Å². The zero-order chi connectivity index (χ0) is 19.5. The molecule has 1 aromatic heterocycles. The number of hydrogen-bond donors (Lipinski definition) is 1. The number of amides is 1. The van der Waals surface area contributed by atoms with Crippen LogP contribution in [0.1, 0.15) is 41.9 Å². The van der Waals surface area contributed by atoms with Crippen LogP contribution in [0.15, 0.2) is 54.9 Å². The lowest BCUT2D eigenvalue weighted by Gasteiger charge is -2.52. The van der Waals surface area contributed by atoms with Crippen LogP contribution in [0.3, 0.4) is 0 Å². The minimum absolute atomic E-state index is 0.134. The fourth-order valence-corrected chi connectivity index (χ4v) is 4.48. The molecular weight excluding hydrogens is 350 g/mol. The number of nitrogens with zero attached hydrogens (tertiary/aromatic N) is 3. The van der Waals surface area contributed by atoms with E-state index in [9.17, 15) is 15.2 Å². The van der Waals surface area contributed by atoms with Gasteiger partial charge in [-0.05, 0) is 53.7 Å². The molecule has 1 fully saturated rings. The molecule has 0 unspecified atom stereocenters. The lowest BCUT2D eigenvalue weighted by molar-refractivity contribution is -0.146. The van der Waals surface area contributed by atoms with E-state index in [0.29, 0.717) is 0 Å². The Labute approximate surface area is 164 Å². The normalized spacial score (nSPS) is 23.6. The Balaban J connectivity index is 1.62. The number of aliphatic hydroxyl groups excluding tert-OH is 1. The molecule has 2 aliphatic rings. The smallest absolute Gasteiger partial charge is 0.228 e. The molecule has 0 radical (unpaired) electrons. The molecule has 5 nitrogen and oxygen atoms in total. The first kappa shape index (κ1) is 18.4. The van der Waals surface area contributed by atoms with Gasteiger partial charge in [0.25, 0.3) is 0 Å². The van der Waals surface area contributed by atoms with Gasteiger partial charge >= 0.3 is 0 Å². The maximum atomic E-state index is 12.9. The first-order valence-electron chi connectivity index (χ1n) is 9.73. The van der Waals surface area contributed by atoms with Crippen molar-refractivity contribution in [2.75, 3.05) is 6.61 Å². The third kappa shape index (κ3) is 3.21. The molecule has 4 rings (SSSR count). The summed E-state index contributed by atoms with van der Waals surface area (Å²) in [6.07, 6.45) is 9.04. The topological polar surface area (TPSA) is 77.2 Å². The van der Waals surface area contributed by atoms with Gasteiger partial charge in [-0.3, -0.25) is 9.78 Å². The van der Waals surface area contributed by atoms with E-state index in [1.165, 1.54) is 5.57 Å². The standard InChI is InChI=1S/C23H23N3O2/c24-14-20-23(19-8-4-3-7-18(19)17-5-1-2-6-17)21(15-27)26(20)22(28)13-16-9-11-25-12-10-16/h3-5,7-12,20-21,23,27H,1-2,6,13,15H2/t20-,21+,23-/m1/s1. The Hall–Kier alpha value is -2.97. The Kier molecular flexibility index (Phi) is 5.23. The van der Waals surface area contributed by atoms with Crippen LogP contribution in [0.4, 0.5) is 0 Å². The van der Waals surface area contributed by atoms with Crippen molar-refractivity contribution in [3.05, 3.63) is 71.6 Å². The van der Waals surface area contributed by atoms with Crippen molar-refractivity contribution in [1.29, 1.82) is 5.26 Å². The molecule has 1 aliphatic heterocycles. The Morgan fingerprint density at radius 2 is 2.04 bits per heavy atom. The number of pyridine rings is 1. The summed E-state index contributed by atoms with van der Waals surface area (Å²) in [4.78, 5) is 18.4. The molecule has 1 N–H and O–H groups in total. The molecule has 3 atom stereocenters. The van der Waals surface area contributed by atoms with E-state index in [2.05, 4.69) is 23.2 Å². The van der Waals surface area contributed by atoms with Gasteiger partial charge in [0.2, 0.25) is 5.91 Å². The number of rotatable bonds is 5. The van der Waals surface area contributed by atoms with E-state index < -0.39 is 6.04 Å². The predicted molar refractivity (Wildman–Crippen MR) is 106 cm³/mol. The van der Waals surface area contributed by atoms with Crippen LogP contribution in [-0.4, -0.2) is 39.6 Å². The summed E-state index contributed by atoms with van der Waals surface area (Å²) < 4.78 is 0. The molecule has 0 spiro atoms. The molecule has 1 amide bonds. The third-order valence-electron chi connectivity index (χ3n) is 5.83. The number of hydrogen-bond acceptors (Lipinski definition) is 4. The third-order valence-corrected chi connectivity index (χ3v) is 5.83. The van der Waals surface area contributed by atoms with Crippen molar-refractivity contribution < 1.29 is 9.90 Å². The highest BCUT2D eigenvalue weighted by Gasteiger charge is 2.52. The van der Waals surface area contributed by atoms with Gasteiger partial charge in [0.1, 0.15) is 6.04 Å². The summed E-state index contributed by atoms with van der Waals surface area (Å²) in [5.41, 5.74) is 4.39. The largest absolute Gasteiger partial charge is 0.394 e. The van der Waals surface area contributed by atoms with Crippen LogP contribution in [-0.2, 0) is 11.2 Å². The van der Waals surface area contributed by atoms with E-state index in [-0.39, 0.29) is 30.9 Å². The average molecular weight is 373 g/mol. The van der Waals surface area contributed by atoms with E-state index in [0.717, 1.165) is 36.0 Å². The van der Waals surface area contributed by atoms with Gasteiger partial charge in [0.05, 0.1) is 25.1 Å². The SMILES string of the molecule is N#C[C@@H]1[C@@H](c2ccccc2C2=CCCC2)[C@H](CO)N1C(=O)Cc1ccncc1. The van der Waals surface area contributed by atoms with Gasteiger partial charge in [-0.25, -0.2) is 0 Å². The summed E-state index contributed by atoms with van der Waals surface area (Å²) in [6.45, 7) is -0.154. The zero-order valence-electron chi connectivity index (χ0n) is 15.7. The monoisotopic (exact) mass is 373 g/mol. The molecule has 1 aliphatic carbocycles. The Bertz CT molecular complexity index is 932. The van der Waals surface area contributed by atoms with Crippen molar-refractivity contribution in [2.24, 2.45) is 0 Å². The number of likely N-dealkylation sites (tertiary alicyclic amines) is 1. The zero-order valence-corrected chi connectivity index (χ0v) is 15.7. The molecule has 1 aromatic carbocycles. The second kappa shape index (κ2) is 7.95. The summed E-state index contributed by atoms with van der Waals surface area (Å²) in [5, 5.41) is 19.9. The van der Waals surface area contributed by atoms with Crippen molar-refractivity contribution in [2.45, 2.75) is 43.7 Å². The lowest BCUT2D eigenvalue weighted by Crippen LogP contribution is -2.65. The van der Waals surface area contributed by atoms with Crippen LogP contribution >= 0.6 is 0 Å². The van der Waals surface area contributed by atoms with Gasteiger partial charge in [-0.1, -0.05) is 30.3 Å². The lowest BCUT2D eigenvalue weighted by atomic mass is 9.73. The molecule has 2 aromatic rings. The molecule has 1 saturated heterocycles. The summed E-state index contributed by atoms with van der Waals surface area (Å²) in [6, 6.07) is 13.1. The predicted octanol–water partition coefficient (Wildman–Crippen LogP) is 3.07. The number of nitriles is 1. The highest BCUT2D eigenvalue weighted by Crippen LogP contribution is 2.44. The van der Waals surface area contributed by atoms with E-state index in [1.54, 1.807) is 29.4 Å². The Morgan fingerprint density at radius 3 is 2.71 bits per heavy atom. The van der Waals surface area contributed by atoms with E-state index >= 15 is 0 Å². The summed E-state index contributed by atoms with van der Waals surface area (Å²) >= 11 is 0. The van der Waals surface area contributed by atoms with E-state index in [1.807, 2.05) is 18.2 Å². The molecule has 5 heteroatoms. The second-order valence-electron chi connectivity index (χ2n) is 7.39. The molecular formula is C23H23N3O2. The van der Waals surface area contributed by atoms with Gasteiger partial charge in [-0.15, -0.1) is 0 Å². The quantitative estimate of drug-likeness (QED) is 0.874. The number of aliphatic hydroxyl groups is 1. The van der Waals surface area contributed by atoms with Crippen LogP contribution < -0.4 is 0 Å². The number of carbonyl (C=O) groups is 1. The van der Waals surface area contributed by atoms with Gasteiger partial charge < -0.3 is 10.0 Å². The molecule has 2 heterocycles. The minimum Gasteiger partial charge on any atom is -0.394 e.